The van der Waals surface area contributed by atoms with Crippen LogP contribution < -0.4 is 5.32 Å². The van der Waals surface area contributed by atoms with Gasteiger partial charge < -0.3 is 10.4 Å². The molecule has 0 heterocycles. The molecule has 4 aromatic carbocycles. The first kappa shape index (κ1) is 20.4. The number of hydrogen-bond donors (Lipinski definition) is 2. The van der Waals surface area contributed by atoms with Gasteiger partial charge in [0.25, 0.3) is 0 Å². The van der Waals surface area contributed by atoms with Crippen molar-refractivity contribution in [1.29, 1.82) is 0 Å². The van der Waals surface area contributed by atoms with Crippen molar-refractivity contribution in [3.63, 3.8) is 0 Å². The Labute approximate surface area is 181 Å². The number of rotatable bonds is 7. The average molecular weight is 409 g/mol. The molecular weight excluding hydrogens is 386 g/mol. The molecule has 4 heteroatoms. The number of benzene rings is 4. The smallest absolute Gasteiger partial charge is 0.221 e. The predicted molar refractivity (Wildman–Crippen MR) is 122 cm³/mol. The van der Waals surface area contributed by atoms with Gasteiger partial charge in [0.1, 0.15) is 5.75 Å². The van der Waals surface area contributed by atoms with Crippen molar-refractivity contribution in [2.45, 2.75) is 18.9 Å². The molecule has 4 aromatic rings. The fraction of sp³-hybridized carbons (Fsp3) is 0.111. The second-order valence-electron chi connectivity index (χ2n) is 7.42. The summed E-state index contributed by atoms with van der Waals surface area (Å²) in [6.07, 6.45) is 0.196. The zero-order chi connectivity index (χ0) is 21.6. The molecule has 0 aliphatic carbocycles. The SMILES string of the molecule is O=C(CCC(=O)c1ccccc1)NC(c1ccccc1)c1c(O)ccc2ccccc12. The van der Waals surface area contributed by atoms with E-state index in [9.17, 15) is 14.7 Å². The van der Waals surface area contributed by atoms with E-state index in [0.29, 0.717) is 11.1 Å². The van der Waals surface area contributed by atoms with Crippen LogP contribution in [-0.4, -0.2) is 16.8 Å². The van der Waals surface area contributed by atoms with Gasteiger partial charge in [-0.05, 0) is 22.4 Å². The number of amides is 1. The van der Waals surface area contributed by atoms with Crippen molar-refractivity contribution in [3.05, 3.63) is 114 Å². The zero-order valence-corrected chi connectivity index (χ0v) is 17.0. The van der Waals surface area contributed by atoms with E-state index in [1.54, 1.807) is 18.2 Å². The van der Waals surface area contributed by atoms with Gasteiger partial charge in [-0.3, -0.25) is 9.59 Å². The Hall–Kier alpha value is -3.92. The number of carbonyl (C=O) groups excluding carboxylic acids is 2. The van der Waals surface area contributed by atoms with Gasteiger partial charge in [-0.25, -0.2) is 0 Å². The van der Waals surface area contributed by atoms with Crippen LogP contribution in [0.25, 0.3) is 10.8 Å². The molecule has 31 heavy (non-hydrogen) atoms. The molecule has 0 fully saturated rings. The van der Waals surface area contributed by atoms with Crippen molar-refractivity contribution in [1.82, 2.24) is 5.32 Å². The Bertz CT molecular complexity index is 1200. The summed E-state index contributed by atoms with van der Waals surface area (Å²) in [5.41, 5.74) is 2.10. The third-order valence-electron chi connectivity index (χ3n) is 5.35. The first-order chi connectivity index (χ1) is 15.1. The van der Waals surface area contributed by atoms with Gasteiger partial charge in [0.15, 0.2) is 5.78 Å². The van der Waals surface area contributed by atoms with Crippen LogP contribution in [0.1, 0.15) is 40.4 Å². The number of carbonyl (C=O) groups is 2. The highest BCUT2D eigenvalue weighted by molar-refractivity contribution is 5.98. The molecule has 0 aliphatic rings. The van der Waals surface area contributed by atoms with E-state index in [1.807, 2.05) is 78.9 Å². The van der Waals surface area contributed by atoms with Crippen LogP contribution >= 0.6 is 0 Å². The molecule has 2 N–H and O–H groups in total. The molecule has 0 radical (unpaired) electrons. The maximum absolute atomic E-state index is 12.8. The lowest BCUT2D eigenvalue weighted by Crippen LogP contribution is -2.29. The summed E-state index contributed by atoms with van der Waals surface area (Å²) in [4.78, 5) is 25.2. The number of phenolic OH excluding ortho intramolecular Hbond substituents is 1. The summed E-state index contributed by atoms with van der Waals surface area (Å²) >= 11 is 0. The Kier molecular flexibility index (Phi) is 6.08. The lowest BCUT2D eigenvalue weighted by Gasteiger charge is -2.22. The highest BCUT2D eigenvalue weighted by atomic mass is 16.3. The first-order valence-corrected chi connectivity index (χ1v) is 10.3. The second-order valence-corrected chi connectivity index (χ2v) is 7.42. The number of aromatic hydroxyl groups is 1. The predicted octanol–water partition coefficient (Wildman–Crippen LogP) is 5.41. The highest BCUT2D eigenvalue weighted by Crippen LogP contribution is 2.35. The molecule has 0 aliphatic heterocycles. The van der Waals surface area contributed by atoms with Gasteiger partial charge in [0.05, 0.1) is 6.04 Å². The fourth-order valence-corrected chi connectivity index (χ4v) is 3.78. The molecule has 0 bridgehead atoms. The van der Waals surface area contributed by atoms with Crippen molar-refractivity contribution in [2.75, 3.05) is 0 Å². The molecule has 0 saturated carbocycles. The molecule has 1 unspecified atom stereocenters. The van der Waals surface area contributed by atoms with Crippen LogP contribution in [0.4, 0.5) is 0 Å². The molecule has 154 valence electrons. The Morgan fingerprint density at radius 1 is 0.742 bits per heavy atom. The van der Waals surface area contributed by atoms with Gasteiger partial charge >= 0.3 is 0 Å². The maximum Gasteiger partial charge on any atom is 0.221 e. The van der Waals surface area contributed by atoms with Gasteiger partial charge in [-0.15, -0.1) is 0 Å². The molecule has 0 aromatic heterocycles. The molecule has 1 atom stereocenters. The van der Waals surface area contributed by atoms with E-state index in [0.717, 1.165) is 16.3 Å². The molecular formula is C27H23NO3. The molecule has 4 rings (SSSR count). The zero-order valence-electron chi connectivity index (χ0n) is 17.0. The number of fused-ring (bicyclic) bond motifs is 1. The van der Waals surface area contributed by atoms with Gasteiger partial charge in [0.2, 0.25) is 5.91 Å². The molecule has 0 saturated heterocycles. The summed E-state index contributed by atoms with van der Waals surface area (Å²) in [7, 11) is 0. The summed E-state index contributed by atoms with van der Waals surface area (Å²) in [5.74, 6) is -0.196. The minimum atomic E-state index is -0.536. The fourth-order valence-electron chi connectivity index (χ4n) is 3.78. The third-order valence-corrected chi connectivity index (χ3v) is 5.35. The molecule has 0 spiro atoms. The largest absolute Gasteiger partial charge is 0.508 e. The third kappa shape index (κ3) is 4.64. The van der Waals surface area contributed by atoms with Crippen molar-refractivity contribution < 1.29 is 14.7 Å². The van der Waals surface area contributed by atoms with Crippen molar-refractivity contribution >= 4 is 22.5 Å². The number of hydrogen-bond acceptors (Lipinski definition) is 3. The van der Waals surface area contributed by atoms with Crippen LogP contribution in [0.2, 0.25) is 0 Å². The number of ketones is 1. The van der Waals surface area contributed by atoms with Crippen molar-refractivity contribution in [2.24, 2.45) is 0 Å². The van der Waals surface area contributed by atoms with Crippen LogP contribution in [0.3, 0.4) is 0 Å². The van der Waals surface area contributed by atoms with E-state index < -0.39 is 6.04 Å². The molecule has 1 amide bonds. The quantitative estimate of drug-likeness (QED) is 0.401. The lowest BCUT2D eigenvalue weighted by atomic mass is 9.92. The van der Waals surface area contributed by atoms with Crippen LogP contribution in [0.15, 0.2) is 97.1 Å². The highest BCUT2D eigenvalue weighted by Gasteiger charge is 2.22. The summed E-state index contributed by atoms with van der Waals surface area (Å²) in [6.45, 7) is 0. The van der Waals surface area contributed by atoms with E-state index in [-0.39, 0.29) is 30.3 Å². The first-order valence-electron chi connectivity index (χ1n) is 10.3. The normalized spacial score (nSPS) is 11.7. The second kappa shape index (κ2) is 9.26. The minimum Gasteiger partial charge on any atom is -0.508 e. The Morgan fingerprint density at radius 2 is 1.39 bits per heavy atom. The summed E-state index contributed by atoms with van der Waals surface area (Å²) in [6, 6.07) is 29.2. The standard InChI is InChI=1S/C27H23NO3/c29-23(20-10-3-1-4-11-20)17-18-25(31)28-27(21-12-5-2-6-13-21)26-22-14-8-7-9-19(22)15-16-24(26)30/h1-16,27,30H,17-18H2,(H,28,31). The van der Waals surface area contributed by atoms with Gasteiger partial charge in [-0.1, -0.05) is 91.0 Å². The molecule has 4 nitrogen and oxygen atoms in total. The summed E-state index contributed by atoms with van der Waals surface area (Å²) in [5, 5.41) is 15.6. The Balaban J connectivity index is 1.61. The van der Waals surface area contributed by atoms with Crippen LogP contribution in [0, 0.1) is 0 Å². The average Bonchev–Trinajstić information content (AvgIpc) is 2.82. The number of Topliss-reactive ketones (excluding diaryl/α,β-unsaturated/α-hetero) is 1. The lowest BCUT2D eigenvalue weighted by molar-refractivity contribution is -0.121. The van der Waals surface area contributed by atoms with Crippen LogP contribution in [-0.2, 0) is 4.79 Å². The summed E-state index contributed by atoms with van der Waals surface area (Å²) < 4.78 is 0. The minimum absolute atomic E-state index is 0.0694. The Morgan fingerprint density at radius 3 is 2.13 bits per heavy atom. The van der Waals surface area contributed by atoms with E-state index >= 15 is 0 Å². The van der Waals surface area contributed by atoms with Gasteiger partial charge in [-0.2, -0.15) is 0 Å². The van der Waals surface area contributed by atoms with Crippen molar-refractivity contribution in [3.8, 4) is 5.75 Å². The van der Waals surface area contributed by atoms with E-state index in [1.165, 1.54) is 0 Å². The maximum atomic E-state index is 12.8. The monoisotopic (exact) mass is 409 g/mol. The topological polar surface area (TPSA) is 66.4 Å². The number of nitrogens with one attached hydrogen (secondary N) is 1. The number of phenols is 1. The van der Waals surface area contributed by atoms with Gasteiger partial charge in [0, 0.05) is 24.0 Å². The van der Waals surface area contributed by atoms with E-state index in [4.69, 9.17) is 0 Å². The van der Waals surface area contributed by atoms with E-state index in [2.05, 4.69) is 5.32 Å². The van der Waals surface area contributed by atoms with Crippen LogP contribution in [0.5, 0.6) is 5.75 Å².